The smallest absolute Gasteiger partial charge is 0.292 e. The van der Waals surface area contributed by atoms with Gasteiger partial charge < -0.3 is 11.1 Å². The van der Waals surface area contributed by atoms with Crippen molar-refractivity contribution in [2.45, 2.75) is 32.1 Å². The molecule has 0 saturated heterocycles. The van der Waals surface area contributed by atoms with Gasteiger partial charge in [0.1, 0.15) is 5.69 Å². The molecule has 1 aliphatic rings. The Morgan fingerprint density at radius 3 is 2.70 bits per heavy atom. The molecule has 2 rings (SSSR count). The van der Waals surface area contributed by atoms with Crippen LogP contribution in [0.4, 0.5) is 11.4 Å². The second-order valence-electron chi connectivity index (χ2n) is 5.21. The van der Waals surface area contributed by atoms with Gasteiger partial charge in [-0.1, -0.05) is 25.3 Å². The zero-order chi connectivity index (χ0) is 14.5. The van der Waals surface area contributed by atoms with Crippen molar-refractivity contribution in [2.24, 2.45) is 5.92 Å². The van der Waals surface area contributed by atoms with E-state index in [2.05, 4.69) is 5.32 Å². The molecule has 0 heterocycles. The number of nitrogen functional groups attached to an aromatic ring is 1. The number of nitrogens with two attached hydrogens (primary N) is 1. The Kier molecular flexibility index (Phi) is 4.55. The monoisotopic (exact) mass is 277 g/mol. The van der Waals surface area contributed by atoms with Crippen LogP contribution < -0.4 is 11.1 Å². The number of anilines is 1. The third-order valence-electron chi connectivity index (χ3n) is 3.80. The van der Waals surface area contributed by atoms with Gasteiger partial charge in [0.2, 0.25) is 0 Å². The van der Waals surface area contributed by atoms with Gasteiger partial charge in [-0.2, -0.15) is 0 Å². The molecule has 1 aromatic rings. The number of hydrogen-bond donors (Lipinski definition) is 2. The first-order chi connectivity index (χ1) is 9.59. The standard InChI is InChI=1S/C14H19N3O3/c15-13-11(7-4-8-12(13)17(19)20)14(18)16-9-10-5-2-1-3-6-10/h4,7-8,10H,1-3,5-6,9,15H2,(H,16,18). The first-order valence-electron chi connectivity index (χ1n) is 6.90. The average molecular weight is 277 g/mol. The van der Waals surface area contributed by atoms with Crippen molar-refractivity contribution in [3.05, 3.63) is 33.9 Å². The Morgan fingerprint density at radius 2 is 2.05 bits per heavy atom. The summed E-state index contributed by atoms with van der Waals surface area (Å²) in [5.41, 5.74) is 5.57. The quantitative estimate of drug-likeness (QED) is 0.501. The fourth-order valence-corrected chi connectivity index (χ4v) is 2.63. The number of rotatable bonds is 4. The molecule has 0 atom stereocenters. The first kappa shape index (κ1) is 14.3. The summed E-state index contributed by atoms with van der Waals surface area (Å²) in [6.07, 6.45) is 5.94. The lowest BCUT2D eigenvalue weighted by Gasteiger charge is -2.21. The Hall–Kier alpha value is -2.11. The fourth-order valence-electron chi connectivity index (χ4n) is 2.63. The number of para-hydroxylation sites is 1. The van der Waals surface area contributed by atoms with Crippen molar-refractivity contribution in [3.8, 4) is 0 Å². The average Bonchev–Trinajstić information content (AvgIpc) is 2.46. The molecule has 0 spiro atoms. The van der Waals surface area contributed by atoms with Crippen molar-refractivity contribution in [1.29, 1.82) is 0 Å². The van der Waals surface area contributed by atoms with Crippen molar-refractivity contribution < 1.29 is 9.72 Å². The molecule has 20 heavy (non-hydrogen) atoms. The Morgan fingerprint density at radius 1 is 1.35 bits per heavy atom. The number of nitro groups is 1. The predicted octanol–water partition coefficient (Wildman–Crippen LogP) is 2.49. The second-order valence-corrected chi connectivity index (χ2v) is 5.21. The molecule has 0 radical (unpaired) electrons. The SMILES string of the molecule is Nc1c(C(=O)NCC2CCCCC2)cccc1[N+](=O)[O-]. The van der Waals surface area contributed by atoms with E-state index in [0.29, 0.717) is 12.5 Å². The third kappa shape index (κ3) is 3.26. The number of benzene rings is 1. The van der Waals surface area contributed by atoms with E-state index < -0.39 is 4.92 Å². The van der Waals surface area contributed by atoms with Crippen LogP contribution in [0.5, 0.6) is 0 Å². The number of hydrogen-bond acceptors (Lipinski definition) is 4. The summed E-state index contributed by atoms with van der Waals surface area (Å²) in [7, 11) is 0. The van der Waals surface area contributed by atoms with Gasteiger partial charge in [-0.3, -0.25) is 14.9 Å². The molecule has 3 N–H and O–H groups in total. The largest absolute Gasteiger partial charge is 0.393 e. The van der Waals surface area contributed by atoms with Crippen LogP contribution in [0, 0.1) is 16.0 Å². The number of carbonyl (C=O) groups is 1. The molecule has 0 aliphatic heterocycles. The van der Waals surface area contributed by atoms with Crippen LogP contribution in [0.15, 0.2) is 18.2 Å². The van der Waals surface area contributed by atoms with Crippen LogP contribution in [0.3, 0.4) is 0 Å². The Bertz CT molecular complexity index is 510. The van der Waals surface area contributed by atoms with E-state index in [-0.39, 0.29) is 22.8 Å². The van der Waals surface area contributed by atoms with Gasteiger partial charge in [0, 0.05) is 12.6 Å². The number of amides is 1. The summed E-state index contributed by atoms with van der Waals surface area (Å²) in [4.78, 5) is 22.3. The van der Waals surface area contributed by atoms with E-state index in [0.717, 1.165) is 12.8 Å². The van der Waals surface area contributed by atoms with Gasteiger partial charge in [0.25, 0.3) is 11.6 Å². The van der Waals surface area contributed by atoms with E-state index in [4.69, 9.17) is 5.73 Å². The van der Waals surface area contributed by atoms with Gasteiger partial charge in [-0.05, 0) is 24.8 Å². The fraction of sp³-hybridized carbons (Fsp3) is 0.500. The van der Waals surface area contributed by atoms with Crippen molar-refractivity contribution in [1.82, 2.24) is 5.32 Å². The van der Waals surface area contributed by atoms with Crippen molar-refractivity contribution in [2.75, 3.05) is 12.3 Å². The molecule has 108 valence electrons. The highest BCUT2D eigenvalue weighted by Crippen LogP contribution is 2.25. The van der Waals surface area contributed by atoms with Crippen molar-refractivity contribution in [3.63, 3.8) is 0 Å². The summed E-state index contributed by atoms with van der Waals surface area (Å²) >= 11 is 0. The summed E-state index contributed by atoms with van der Waals surface area (Å²) in [5.74, 6) is 0.171. The molecular formula is C14H19N3O3. The van der Waals surface area contributed by atoms with E-state index in [9.17, 15) is 14.9 Å². The minimum atomic E-state index is -0.576. The van der Waals surface area contributed by atoms with Gasteiger partial charge in [-0.25, -0.2) is 0 Å². The van der Waals surface area contributed by atoms with Gasteiger partial charge in [0.15, 0.2) is 0 Å². The van der Waals surface area contributed by atoms with Crippen LogP contribution in [0.2, 0.25) is 0 Å². The third-order valence-corrected chi connectivity index (χ3v) is 3.80. The molecule has 1 amide bonds. The minimum absolute atomic E-state index is 0.0707. The lowest BCUT2D eigenvalue weighted by Crippen LogP contribution is -2.30. The Labute approximate surface area is 117 Å². The molecule has 1 aromatic carbocycles. The van der Waals surface area contributed by atoms with Crippen molar-refractivity contribution >= 4 is 17.3 Å². The topological polar surface area (TPSA) is 98.3 Å². The van der Waals surface area contributed by atoms with E-state index >= 15 is 0 Å². The van der Waals surface area contributed by atoms with Crippen LogP contribution in [-0.2, 0) is 0 Å². The zero-order valence-electron chi connectivity index (χ0n) is 11.3. The van der Waals surface area contributed by atoms with E-state index in [1.165, 1.54) is 37.5 Å². The lowest BCUT2D eigenvalue weighted by molar-refractivity contribution is -0.383. The van der Waals surface area contributed by atoms with Crippen LogP contribution in [0.25, 0.3) is 0 Å². The lowest BCUT2D eigenvalue weighted by atomic mass is 9.89. The van der Waals surface area contributed by atoms with Crippen LogP contribution >= 0.6 is 0 Å². The number of nitrogens with one attached hydrogen (secondary N) is 1. The maximum atomic E-state index is 12.1. The molecule has 6 heteroatoms. The zero-order valence-corrected chi connectivity index (χ0v) is 11.3. The van der Waals surface area contributed by atoms with Crippen LogP contribution in [0.1, 0.15) is 42.5 Å². The highest BCUT2D eigenvalue weighted by atomic mass is 16.6. The maximum absolute atomic E-state index is 12.1. The summed E-state index contributed by atoms with van der Waals surface area (Å²) < 4.78 is 0. The number of carbonyl (C=O) groups excluding carboxylic acids is 1. The molecule has 1 saturated carbocycles. The highest BCUT2D eigenvalue weighted by molar-refractivity contribution is 6.00. The number of nitro benzene ring substituents is 1. The normalized spacial score (nSPS) is 15.8. The summed E-state index contributed by atoms with van der Waals surface area (Å²) in [6.45, 7) is 0.612. The molecule has 0 bridgehead atoms. The van der Waals surface area contributed by atoms with Gasteiger partial charge in [-0.15, -0.1) is 0 Å². The predicted molar refractivity (Wildman–Crippen MR) is 76.4 cm³/mol. The minimum Gasteiger partial charge on any atom is -0.393 e. The Balaban J connectivity index is 2.01. The molecular weight excluding hydrogens is 258 g/mol. The molecule has 6 nitrogen and oxygen atoms in total. The highest BCUT2D eigenvalue weighted by Gasteiger charge is 2.20. The van der Waals surface area contributed by atoms with Gasteiger partial charge in [0.05, 0.1) is 10.5 Å². The first-order valence-corrected chi connectivity index (χ1v) is 6.90. The van der Waals surface area contributed by atoms with E-state index in [1.807, 2.05) is 0 Å². The summed E-state index contributed by atoms with van der Waals surface area (Å²) in [5, 5.41) is 13.6. The van der Waals surface area contributed by atoms with E-state index in [1.54, 1.807) is 0 Å². The molecule has 0 unspecified atom stereocenters. The molecule has 1 aliphatic carbocycles. The van der Waals surface area contributed by atoms with Crippen LogP contribution in [-0.4, -0.2) is 17.4 Å². The van der Waals surface area contributed by atoms with Gasteiger partial charge >= 0.3 is 0 Å². The maximum Gasteiger partial charge on any atom is 0.292 e. The number of nitrogens with zero attached hydrogens (tertiary/aromatic N) is 1. The molecule has 0 aromatic heterocycles. The second kappa shape index (κ2) is 6.36. The molecule has 1 fully saturated rings. The summed E-state index contributed by atoms with van der Waals surface area (Å²) in [6, 6.07) is 4.29.